The van der Waals surface area contributed by atoms with Crippen LogP contribution in [0.25, 0.3) is 0 Å². The van der Waals surface area contributed by atoms with E-state index in [1.165, 1.54) is 7.11 Å². The van der Waals surface area contributed by atoms with Gasteiger partial charge in [-0.05, 0) is 17.9 Å². The van der Waals surface area contributed by atoms with E-state index in [1.54, 1.807) is 0 Å². The van der Waals surface area contributed by atoms with Crippen molar-refractivity contribution in [2.45, 2.75) is 25.7 Å². The maximum absolute atomic E-state index is 13.7. The first-order valence-electron chi connectivity index (χ1n) is 5.73. The third-order valence-corrected chi connectivity index (χ3v) is 3.07. The van der Waals surface area contributed by atoms with E-state index < -0.39 is 17.6 Å². The van der Waals surface area contributed by atoms with Gasteiger partial charge in [-0.1, -0.05) is 29.3 Å². The van der Waals surface area contributed by atoms with Crippen molar-refractivity contribution < 1.29 is 18.3 Å². The molecule has 3 nitrogen and oxygen atoms in total. The Hall–Kier alpha value is -1.42. The normalized spacial score (nSPS) is 10.8. The molecule has 1 rings (SSSR count). The fraction of sp³-hybridized carbons (Fsp3) is 0.385. The molecule has 0 amide bonds. The fourth-order valence-electron chi connectivity index (χ4n) is 1.50. The van der Waals surface area contributed by atoms with Crippen LogP contribution in [0.5, 0.6) is 0 Å². The van der Waals surface area contributed by atoms with Crippen molar-refractivity contribution in [1.29, 1.82) is 5.26 Å². The van der Waals surface area contributed by atoms with Gasteiger partial charge in [0.2, 0.25) is 0 Å². The summed E-state index contributed by atoms with van der Waals surface area (Å²) in [6, 6.07) is 2.99. The topological polar surface area (TPSA) is 50.1 Å². The van der Waals surface area contributed by atoms with Crippen LogP contribution in [0.3, 0.4) is 0 Å². The van der Waals surface area contributed by atoms with E-state index in [2.05, 4.69) is 20.7 Å². The van der Waals surface area contributed by atoms with Crippen LogP contribution in [-0.4, -0.2) is 21.4 Å². The largest absolute Gasteiger partial charge is 0.471 e. The molecular formula is C13H13BBrF2NO2. The first kappa shape index (κ1) is 18.6. The second kappa shape index (κ2) is 9.48. The first-order valence-corrected chi connectivity index (χ1v) is 6.52. The smallest absolute Gasteiger partial charge is 0.292 e. The Labute approximate surface area is 126 Å². The molecule has 0 saturated heterocycles. The predicted molar refractivity (Wildman–Crippen MR) is 75.8 cm³/mol. The Morgan fingerprint density at radius 3 is 2.55 bits per heavy atom. The van der Waals surface area contributed by atoms with Gasteiger partial charge in [0.1, 0.15) is 19.5 Å². The minimum absolute atomic E-state index is 0.159. The summed E-state index contributed by atoms with van der Waals surface area (Å²) in [5.74, 6) is -2.37. The number of nitriles is 1. The van der Waals surface area contributed by atoms with E-state index in [-0.39, 0.29) is 15.5 Å². The minimum Gasteiger partial charge on any atom is -0.471 e. The highest BCUT2D eigenvalue weighted by atomic mass is 79.9. The molecule has 0 fully saturated rings. The molecule has 0 aliphatic carbocycles. The molecular weight excluding hydrogens is 331 g/mol. The number of hydrogen-bond donors (Lipinski definition) is 0. The quantitative estimate of drug-likeness (QED) is 0.624. The van der Waals surface area contributed by atoms with Crippen molar-refractivity contribution in [3.8, 4) is 6.07 Å². The van der Waals surface area contributed by atoms with Gasteiger partial charge in [-0.25, -0.2) is 8.78 Å². The molecule has 7 heteroatoms. The van der Waals surface area contributed by atoms with Gasteiger partial charge >= 0.3 is 0 Å². The van der Waals surface area contributed by atoms with Crippen LogP contribution in [0.15, 0.2) is 10.5 Å². The van der Waals surface area contributed by atoms with Gasteiger partial charge in [0.25, 0.3) is 6.47 Å². The summed E-state index contributed by atoms with van der Waals surface area (Å²) in [6.07, 6.45) is 1.08. The number of hydrogen-bond acceptors (Lipinski definition) is 3. The van der Waals surface area contributed by atoms with E-state index in [1.807, 2.05) is 13.0 Å². The fourth-order valence-corrected chi connectivity index (χ4v) is 1.88. The molecule has 0 aliphatic heterocycles. The van der Waals surface area contributed by atoms with Crippen LogP contribution in [0.4, 0.5) is 8.78 Å². The highest BCUT2D eigenvalue weighted by Gasteiger charge is 2.22. The lowest BCUT2D eigenvalue weighted by atomic mass is 9.87. The number of nitrogens with zero attached hydrogens (tertiary/aromatic N) is 1. The van der Waals surface area contributed by atoms with Crippen LogP contribution in [0, 0.1) is 23.0 Å². The standard InChI is InChI=1S/C11H9BBrF2N.C2H4O2/c1-2-3-6(5-16)9-8(14)4-7(13)10(12)11(9)15;1-4-2-3/h4,6H,2-3H2,1H3;2H,1H3. The lowest BCUT2D eigenvalue weighted by Crippen LogP contribution is -2.17. The molecule has 106 valence electrons. The number of benzene rings is 1. The number of halogens is 3. The van der Waals surface area contributed by atoms with Crippen molar-refractivity contribution in [3.05, 3.63) is 27.7 Å². The molecule has 1 aromatic carbocycles. The molecule has 0 aliphatic rings. The van der Waals surface area contributed by atoms with Gasteiger partial charge in [-0.15, -0.1) is 0 Å². The Balaban J connectivity index is 0.000000796. The van der Waals surface area contributed by atoms with E-state index in [4.69, 9.17) is 17.9 Å². The number of methoxy groups -OCH3 is 1. The van der Waals surface area contributed by atoms with E-state index >= 15 is 0 Å². The molecule has 0 bridgehead atoms. The number of rotatable bonds is 4. The lowest BCUT2D eigenvalue weighted by Gasteiger charge is -2.13. The molecule has 0 saturated carbocycles. The van der Waals surface area contributed by atoms with Crippen LogP contribution < -0.4 is 5.46 Å². The average Bonchev–Trinajstić information content (AvgIpc) is 2.44. The molecule has 1 aromatic rings. The monoisotopic (exact) mass is 343 g/mol. The summed E-state index contributed by atoms with van der Waals surface area (Å²) in [7, 11) is 6.75. The Morgan fingerprint density at radius 1 is 1.60 bits per heavy atom. The molecule has 20 heavy (non-hydrogen) atoms. The van der Waals surface area contributed by atoms with E-state index in [0.29, 0.717) is 19.3 Å². The maximum Gasteiger partial charge on any atom is 0.292 e. The van der Waals surface area contributed by atoms with Crippen LogP contribution in [-0.2, 0) is 9.53 Å². The van der Waals surface area contributed by atoms with Crippen LogP contribution in [0.1, 0.15) is 31.2 Å². The van der Waals surface area contributed by atoms with Crippen LogP contribution >= 0.6 is 15.9 Å². The average molecular weight is 344 g/mol. The van der Waals surface area contributed by atoms with Gasteiger partial charge in [0.15, 0.2) is 0 Å². The summed E-state index contributed by atoms with van der Waals surface area (Å²) in [5, 5.41) is 8.88. The van der Waals surface area contributed by atoms with Gasteiger partial charge in [0, 0.05) is 10.0 Å². The summed E-state index contributed by atoms with van der Waals surface area (Å²) in [4.78, 5) is 8.95. The third-order valence-electron chi connectivity index (χ3n) is 2.42. The SMILES string of the molecule is COC=O.[B]c1c(Br)cc(F)c(C(C#N)CCC)c1F. The predicted octanol–water partition coefficient (Wildman–Crippen LogP) is 2.72. The lowest BCUT2D eigenvalue weighted by molar-refractivity contribution is -0.126. The molecule has 1 atom stereocenters. The third kappa shape index (κ3) is 4.93. The Morgan fingerprint density at radius 2 is 2.15 bits per heavy atom. The van der Waals surface area contributed by atoms with Gasteiger partial charge in [-0.2, -0.15) is 5.26 Å². The van der Waals surface area contributed by atoms with E-state index in [0.717, 1.165) is 6.07 Å². The van der Waals surface area contributed by atoms with Gasteiger partial charge in [-0.3, -0.25) is 4.79 Å². The summed E-state index contributed by atoms with van der Waals surface area (Å²) in [5.41, 5.74) is -0.391. The summed E-state index contributed by atoms with van der Waals surface area (Å²) < 4.78 is 31.3. The number of carbonyl (C=O) groups excluding carboxylic acids is 1. The highest BCUT2D eigenvalue weighted by molar-refractivity contribution is 9.10. The minimum atomic E-state index is -0.841. The van der Waals surface area contributed by atoms with Crippen molar-refractivity contribution in [3.63, 3.8) is 0 Å². The van der Waals surface area contributed by atoms with Crippen molar-refractivity contribution in [1.82, 2.24) is 0 Å². The molecule has 0 N–H and O–H groups in total. The first-order chi connectivity index (χ1) is 9.44. The molecule has 0 spiro atoms. The zero-order chi connectivity index (χ0) is 15.7. The van der Waals surface area contributed by atoms with E-state index in [9.17, 15) is 8.78 Å². The van der Waals surface area contributed by atoms with Crippen LogP contribution in [0.2, 0.25) is 0 Å². The molecule has 0 aromatic heterocycles. The Bertz CT molecular complexity index is 506. The second-order valence-electron chi connectivity index (χ2n) is 3.78. The summed E-state index contributed by atoms with van der Waals surface area (Å²) >= 11 is 2.95. The highest BCUT2D eigenvalue weighted by Crippen LogP contribution is 2.27. The molecule has 2 radical (unpaired) electrons. The zero-order valence-corrected chi connectivity index (χ0v) is 12.7. The van der Waals surface area contributed by atoms with Gasteiger partial charge < -0.3 is 4.74 Å². The number of ether oxygens (including phenoxy) is 1. The van der Waals surface area contributed by atoms with Gasteiger partial charge in [0.05, 0.1) is 19.1 Å². The maximum atomic E-state index is 13.7. The number of carbonyl (C=O) groups is 1. The molecule has 1 unspecified atom stereocenters. The second-order valence-corrected chi connectivity index (χ2v) is 4.64. The van der Waals surface area contributed by atoms with Crippen molar-refractivity contribution in [2.24, 2.45) is 0 Å². The Kier molecular flexibility index (Phi) is 8.81. The zero-order valence-electron chi connectivity index (χ0n) is 11.1. The van der Waals surface area contributed by atoms with Crippen molar-refractivity contribution >= 4 is 35.7 Å². The molecule has 0 heterocycles. The van der Waals surface area contributed by atoms with Crippen molar-refractivity contribution in [2.75, 3.05) is 7.11 Å². The summed E-state index contributed by atoms with van der Waals surface area (Å²) in [6.45, 7) is 2.22.